The SMILES string of the molecule is N#Cc1cccc2[nH]c(CNC(=O)c3ccccc3)nc12. The van der Waals surface area contributed by atoms with Crippen LogP contribution in [0.5, 0.6) is 0 Å². The van der Waals surface area contributed by atoms with Gasteiger partial charge in [0, 0.05) is 5.56 Å². The Balaban J connectivity index is 1.77. The Morgan fingerprint density at radius 3 is 2.76 bits per heavy atom. The van der Waals surface area contributed by atoms with Gasteiger partial charge in [0.25, 0.3) is 5.91 Å². The zero-order chi connectivity index (χ0) is 14.7. The summed E-state index contributed by atoms with van der Waals surface area (Å²) in [7, 11) is 0. The molecule has 0 aliphatic rings. The number of H-pyrrole nitrogens is 1. The van der Waals surface area contributed by atoms with Crippen molar-refractivity contribution in [3.8, 4) is 6.07 Å². The van der Waals surface area contributed by atoms with Gasteiger partial charge in [0.1, 0.15) is 17.4 Å². The van der Waals surface area contributed by atoms with Crippen LogP contribution in [0.1, 0.15) is 21.7 Å². The molecule has 1 aromatic heterocycles. The van der Waals surface area contributed by atoms with Gasteiger partial charge in [-0.2, -0.15) is 5.26 Å². The predicted octanol–water partition coefficient (Wildman–Crippen LogP) is 2.36. The number of benzene rings is 2. The molecule has 0 aliphatic heterocycles. The van der Waals surface area contributed by atoms with E-state index in [1.54, 1.807) is 24.3 Å². The fourth-order valence-corrected chi connectivity index (χ4v) is 2.11. The number of imidazole rings is 1. The summed E-state index contributed by atoms with van der Waals surface area (Å²) in [6.07, 6.45) is 0. The molecule has 0 aliphatic carbocycles. The molecule has 1 amide bonds. The number of amides is 1. The molecular formula is C16H12N4O. The highest BCUT2D eigenvalue weighted by atomic mass is 16.1. The number of rotatable bonds is 3. The fraction of sp³-hybridized carbons (Fsp3) is 0.0625. The van der Waals surface area contributed by atoms with E-state index in [-0.39, 0.29) is 12.5 Å². The van der Waals surface area contributed by atoms with E-state index in [1.807, 2.05) is 24.3 Å². The van der Waals surface area contributed by atoms with Gasteiger partial charge in [-0.15, -0.1) is 0 Å². The van der Waals surface area contributed by atoms with Gasteiger partial charge < -0.3 is 10.3 Å². The van der Waals surface area contributed by atoms with Crippen LogP contribution in [0.2, 0.25) is 0 Å². The maximum absolute atomic E-state index is 12.0. The Morgan fingerprint density at radius 2 is 2.00 bits per heavy atom. The second kappa shape index (κ2) is 5.47. The van der Waals surface area contributed by atoms with E-state index >= 15 is 0 Å². The molecule has 3 aromatic rings. The van der Waals surface area contributed by atoms with Crippen LogP contribution in [0.3, 0.4) is 0 Å². The molecule has 21 heavy (non-hydrogen) atoms. The van der Waals surface area contributed by atoms with Crippen LogP contribution in [0.15, 0.2) is 48.5 Å². The van der Waals surface area contributed by atoms with Crippen LogP contribution in [0, 0.1) is 11.3 Å². The molecule has 0 radical (unpaired) electrons. The average Bonchev–Trinajstić information content (AvgIpc) is 2.96. The summed E-state index contributed by atoms with van der Waals surface area (Å²) < 4.78 is 0. The third-order valence-electron chi connectivity index (χ3n) is 3.13. The molecule has 0 atom stereocenters. The monoisotopic (exact) mass is 276 g/mol. The Labute approximate surface area is 121 Å². The average molecular weight is 276 g/mol. The number of nitrogens with one attached hydrogen (secondary N) is 2. The van der Waals surface area contributed by atoms with Gasteiger partial charge in [0.2, 0.25) is 0 Å². The molecule has 3 rings (SSSR count). The number of para-hydroxylation sites is 1. The lowest BCUT2D eigenvalue weighted by Crippen LogP contribution is -2.23. The van der Waals surface area contributed by atoms with E-state index in [4.69, 9.17) is 5.26 Å². The summed E-state index contributed by atoms with van der Waals surface area (Å²) in [4.78, 5) is 19.4. The number of carbonyl (C=O) groups excluding carboxylic acids is 1. The minimum Gasteiger partial charge on any atom is -0.345 e. The molecule has 0 saturated carbocycles. The quantitative estimate of drug-likeness (QED) is 0.770. The van der Waals surface area contributed by atoms with Crippen molar-refractivity contribution >= 4 is 16.9 Å². The summed E-state index contributed by atoms with van der Waals surface area (Å²) in [6, 6.07) is 16.5. The zero-order valence-corrected chi connectivity index (χ0v) is 11.1. The first-order valence-electron chi connectivity index (χ1n) is 6.49. The summed E-state index contributed by atoms with van der Waals surface area (Å²) >= 11 is 0. The normalized spacial score (nSPS) is 10.2. The Morgan fingerprint density at radius 1 is 1.19 bits per heavy atom. The van der Waals surface area contributed by atoms with Gasteiger partial charge in [0.15, 0.2) is 0 Å². The van der Waals surface area contributed by atoms with Crippen molar-refractivity contribution in [2.24, 2.45) is 0 Å². The van der Waals surface area contributed by atoms with Gasteiger partial charge in [-0.1, -0.05) is 24.3 Å². The lowest BCUT2D eigenvalue weighted by molar-refractivity contribution is 0.0950. The molecule has 102 valence electrons. The lowest BCUT2D eigenvalue weighted by Gasteiger charge is -2.02. The van der Waals surface area contributed by atoms with E-state index in [9.17, 15) is 4.79 Å². The number of hydrogen-bond donors (Lipinski definition) is 2. The van der Waals surface area contributed by atoms with Crippen molar-refractivity contribution in [1.29, 1.82) is 5.26 Å². The minimum absolute atomic E-state index is 0.156. The summed E-state index contributed by atoms with van der Waals surface area (Å²) in [5.74, 6) is 0.466. The maximum Gasteiger partial charge on any atom is 0.251 e. The third kappa shape index (κ3) is 2.60. The van der Waals surface area contributed by atoms with Gasteiger partial charge in [0.05, 0.1) is 17.6 Å². The second-order valence-corrected chi connectivity index (χ2v) is 4.55. The fourth-order valence-electron chi connectivity index (χ4n) is 2.11. The van der Waals surface area contributed by atoms with Crippen molar-refractivity contribution in [2.75, 3.05) is 0 Å². The number of fused-ring (bicyclic) bond motifs is 1. The van der Waals surface area contributed by atoms with E-state index < -0.39 is 0 Å². The molecule has 0 fully saturated rings. The molecule has 2 aromatic carbocycles. The highest BCUT2D eigenvalue weighted by Crippen LogP contribution is 2.15. The van der Waals surface area contributed by atoms with Crippen LogP contribution in [0.25, 0.3) is 11.0 Å². The summed E-state index contributed by atoms with van der Waals surface area (Å²) in [5, 5.41) is 11.8. The van der Waals surface area contributed by atoms with Crippen molar-refractivity contribution < 1.29 is 4.79 Å². The summed E-state index contributed by atoms with van der Waals surface area (Å²) in [5.41, 5.74) is 2.54. The minimum atomic E-state index is -0.156. The molecule has 5 nitrogen and oxygen atoms in total. The number of hydrogen-bond acceptors (Lipinski definition) is 3. The lowest BCUT2D eigenvalue weighted by atomic mass is 10.2. The van der Waals surface area contributed by atoms with E-state index in [1.165, 1.54) is 0 Å². The Hall–Kier alpha value is -3.13. The van der Waals surface area contributed by atoms with Gasteiger partial charge in [-0.05, 0) is 24.3 Å². The van der Waals surface area contributed by atoms with Gasteiger partial charge >= 0.3 is 0 Å². The zero-order valence-electron chi connectivity index (χ0n) is 11.1. The van der Waals surface area contributed by atoms with Crippen LogP contribution in [-0.4, -0.2) is 15.9 Å². The molecule has 1 heterocycles. The first-order chi connectivity index (χ1) is 10.3. The summed E-state index contributed by atoms with van der Waals surface area (Å²) in [6.45, 7) is 0.285. The smallest absolute Gasteiger partial charge is 0.251 e. The van der Waals surface area contributed by atoms with Crippen molar-refractivity contribution in [2.45, 2.75) is 6.54 Å². The van der Waals surface area contributed by atoms with E-state index in [0.29, 0.717) is 22.5 Å². The standard InChI is InChI=1S/C16H12N4O/c17-9-12-7-4-8-13-15(12)20-14(19-13)10-18-16(21)11-5-2-1-3-6-11/h1-8H,10H2,(H,18,21)(H,19,20). The molecule has 0 unspecified atom stereocenters. The third-order valence-corrected chi connectivity index (χ3v) is 3.13. The van der Waals surface area contributed by atoms with Gasteiger partial charge in [-0.3, -0.25) is 4.79 Å². The van der Waals surface area contributed by atoms with Crippen molar-refractivity contribution in [3.05, 3.63) is 65.5 Å². The number of aromatic amines is 1. The Bertz CT molecular complexity index is 830. The van der Waals surface area contributed by atoms with Crippen molar-refractivity contribution in [3.63, 3.8) is 0 Å². The molecule has 2 N–H and O–H groups in total. The highest BCUT2D eigenvalue weighted by molar-refractivity contribution is 5.94. The van der Waals surface area contributed by atoms with E-state index in [2.05, 4.69) is 21.4 Å². The number of nitriles is 1. The Kier molecular flexibility index (Phi) is 3.36. The van der Waals surface area contributed by atoms with Crippen LogP contribution < -0.4 is 5.32 Å². The van der Waals surface area contributed by atoms with Crippen LogP contribution in [0.4, 0.5) is 0 Å². The number of carbonyl (C=O) groups is 1. The maximum atomic E-state index is 12.0. The largest absolute Gasteiger partial charge is 0.345 e. The first-order valence-corrected chi connectivity index (χ1v) is 6.49. The predicted molar refractivity (Wildman–Crippen MR) is 78.4 cm³/mol. The second-order valence-electron chi connectivity index (χ2n) is 4.55. The van der Waals surface area contributed by atoms with Crippen molar-refractivity contribution in [1.82, 2.24) is 15.3 Å². The molecule has 0 spiro atoms. The topological polar surface area (TPSA) is 81.6 Å². The number of aromatic nitrogens is 2. The molecular weight excluding hydrogens is 264 g/mol. The molecule has 5 heteroatoms. The highest BCUT2D eigenvalue weighted by Gasteiger charge is 2.09. The number of nitrogens with zero attached hydrogens (tertiary/aromatic N) is 2. The van der Waals surface area contributed by atoms with E-state index in [0.717, 1.165) is 5.52 Å². The van der Waals surface area contributed by atoms with Crippen LogP contribution >= 0.6 is 0 Å². The molecule has 0 saturated heterocycles. The van der Waals surface area contributed by atoms with Crippen LogP contribution in [-0.2, 0) is 6.54 Å². The van der Waals surface area contributed by atoms with Gasteiger partial charge in [-0.25, -0.2) is 4.98 Å². The first kappa shape index (κ1) is 12.9. The molecule has 0 bridgehead atoms.